The predicted molar refractivity (Wildman–Crippen MR) is 87.3 cm³/mol. The lowest BCUT2D eigenvalue weighted by Gasteiger charge is -2.39. The van der Waals surface area contributed by atoms with Crippen LogP contribution in [-0.4, -0.2) is 23.6 Å². The Morgan fingerprint density at radius 2 is 1.78 bits per heavy atom. The summed E-state index contributed by atoms with van der Waals surface area (Å²) < 4.78 is 10.9. The van der Waals surface area contributed by atoms with Crippen molar-refractivity contribution in [3.8, 4) is 11.5 Å². The molecule has 0 radical (unpaired) electrons. The SMILES string of the molecule is O=C(C1CCC1)N(Cc1ccc2c(c1)OCO2)C1CCCCC1. The molecular formula is C19H25NO3. The number of ether oxygens (including phenoxy) is 2. The minimum Gasteiger partial charge on any atom is -0.454 e. The van der Waals surface area contributed by atoms with E-state index in [1.807, 2.05) is 12.1 Å². The summed E-state index contributed by atoms with van der Waals surface area (Å²) >= 11 is 0. The fraction of sp³-hybridized carbons (Fsp3) is 0.632. The van der Waals surface area contributed by atoms with Gasteiger partial charge in [-0.2, -0.15) is 0 Å². The van der Waals surface area contributed by atoms with E-state index in [0.29, 0.717) is 25.3 Å². The van der Waals surface area contributed by atoms with Crippen molar-refractivity contribution in [2.45, 2.75) is 64.0 Å². The molecule has 1 amide bonds. The average Bonchev–Trinajstić information content (AvgIpc) is 2.99. The third-order valence-electron chi connectivity index (χ3n) is 5.54. The summed E-state index contributed by atoms with van der Waals surface area (Å²) in [6.45, 7) is 1.00. The molecule has 2 saturated carbocycles. The van der Waals surface area contributed by atoms with Gasteiger partial charge in [-0.3, -0.25) is 4.79 Å². The molecule has 1 aromatic carbocycles. The molecule has 4 rings (SSSR count). The molecule has 0 saturated heterocycles. The molecule has 1 heterocycles. The summed E-state index contributed by atoms with van der Waals surface area (Å²) in [5.74, 6) is 2.26. The number of hydrogen-bond donors (Lipinski definition) is 0. The van der Waals surface area contributed by atoms with Gasteiger partial charge in [0.05, 0.1) is 0 Å². The molecule has 3 aliphatic rings. The summed E-state index contributed by atoms with van der Waals surface area (Å²) in [5.41, 5.74) is 1.15. The number of benzene rings is 1. The zero-order chi connectivity index (χ0) is 15.6. The van der Waals surface area contributed by atoms with Gasteiger partial charge in [0, 0.05) is 18.5 Å². The highest BCUT2D eigenvalue weighted by Crippen LogP contribution is 2.35. The van der Waals surface area contributed by atoms with Crippen LogP contribution < -0.4 is 9.47 Å². The Labute approximate surface area is 137 Å². The van der Waals surface area contributed by atoms with Crippen LogP contribution in [0.3, 0.4) is 0 Å². The second-order valence-corrected chi connectivity index (χ2v) is 7.07. The zero-order valence-electron chi connectivity index (χ0n) is 13.6. The fourth-order valence-electron chi connectivity index (χ4n) is 3.91. The first-order valence-corrected chi connectivity index (χ1v) is 9.00. The lowest BCUT2D eigenvalue weighted by molar-refractivity contribution is -0.142. The van der Waals surface area contributed by atoms with Gasteiger partial charge in [0.25, 0.3) is 0 Å². The number of amides is 1. The molecule has 23 heavy (non-hydrogen) atoms. The van der Waals surface area contributed by atoms with Crippen molar-refractivity contribution in [3.05, 3.63) is 23.8 Å². The maximum absolute atomic E-state index is 12.9. The minimum absolute atomic E-state index is 0.269. The molecule has 2 fully saturated rings. The molecule has 0 atom stereocenters. The first-order valence-electron chi connectivity index (χ1n) is 9.00. The van der Waals surface area contributed by atoms with Crippen molar-refractivity contribution in [1.29, 1.82) is 0 Å². The first kappa shape index (κ1) is 14.9. The minimum atomic E-state index is 0.269. The van der Waals surface area contributed by atoms with Gasteiger partial charge < -0.3 is 14.4 Å². The average molecular weight is 315 g/mol. The molecule has 2 aliphatic carbocycles. The molecule has 0 aromatic heterocycles. The maximum atomic E-state index is 12.9. The molecule has 124 valence electrons. The van der Waals surface area contributed by atoms with Gasteiger partial charge in [0.15, 0.2) is 11.5 Å². The second kappa shape index (κ2) is 6.42. The van der Waals surface area contributed by atoms with Crippen LogP contribution in [0.25, 0.3) is 0 Å². The summed E-state index contributed by atoms with van der Waals surface area (Å²) in [6.07, 6.45) is 9.48. The standard InChI is InChI=1S/C19H25NO3/c21-19(15-5-4-6-15)20(16-7-2-1-3-8-16)12-14-9-10-17-18(11-14)23-13-22-17/h9-11,15-16H,1-8,12-13H2. The first-order chi connectivity index (χ1) is 11.3. The highest BCUT2D eigenvalue weighted by atomic mass is 16.7. The van der Waals surface area contributed by atoms with Crippen molar-refractivity contribution in [3.63, 3.8) is 0 Å². The summed E-state index contributed by atoms with van der Waals surface area (Å²) in [7, 11) is 0. The van der Waals surface area contributed by atoms with Crippen LogP contribution in [0.1, 0.15) is 56.9 Å². The van der Waals surface area contributed by atoms with Crippen molar-refractivity contribution >= 4 is 5.91 Å². The zero-order valence-corrected chi connectivity index (χ0v) is 13.6. The number of fused-ring (bicyclic) bond motifs is 1. The highest BCUT2D eigenvalue weighted by Gasteiger charge is 2.33. The van der Waals surface area contributed by atoms with Gasteiger partial charge in [-0.05, 0) is 43.4 Å². The Morgan fingerprint density at radius 1 is 1.00 bits per heavy atom. The summed E-state index contributed by atoms with van der Waals surface area (Å²) in [5, 5.41) is 0. The van der Waals surface area contributed by atoms with E-state index >= 15 is 0 Å². The van der Waals surface area contributed by atoms with E-state index in [9.17, 15) is 4.79 Å². The summed E-state index contributed by atoms with van der Waals surface area (Å²) in [4.78, 5) is 15.1. The van der Waals surface area contributed by atoms with Crippen LogP contribution in [0.15, 0.2) is 18.2 Å². The van der Waals surface area contributed by atoms with Gasteiger partial charge >= 0.3 is 0 Å². The Morgan fingerprint density at radius 3 is 2.52 bits per heavy atom. The smallest absolute Gasteiger partial charge is 0.231 e. The predicted octanol–water partition coefficient (Wildman–Crippen LogP) is 3.88. The summed E-state index contributed by atoms with van der Waals surface area (Å²) in [6, 6.07) is 6.48. The molecule has 0 N–H and O–H groups in total. The lowest BCUT2D eigenvalue weighted by atomic mass is 9.83. The van der Waals surface area contributed by atoms with Crippen LogP contribution in [0.5, 0.6) is 11.5 Å². The molecule has 0 spiro atoms. The Kier molecular flexibility index (Phi) is 4.15. The number of carbonyl (C=O) groups excluding carboxylic acids is 1. The van der Waals surface area contributed by atoms with E-state index in [1.54, 1.807) is 0 Å². The molecule has 4 nitrogen and oxygen atoms in total. The van der Waals surface area contributed by atoms with E-state index in [-0.39, 0.29) is 5.92 Å². The van der Waals surface area contributed by atoms with Crippen LogP contribution in [0, 0.1) is 5.92 Å². The Balaban J connectivity index is 1.53. The molecular weight excluding hydrogens is 290 g/mol. The van der Waals surface area contributed by atoms with Crippen molar-refractivity contribution in [2.75, 3.05) is 6.79 Å². The quantitative estimate of drug-likeness (QED) is 0.846. The van der Waals surface area contributed by atoms with Crippen molar-refractivity contribution in [2.24, 2.45) is 5.92 Å². The number of nitrogens with zero attached hydrogens (tertiary/aromatic N) is 1. The van der Waals surface area contributed by atoms with Crippen LogP contribution in [0.4, 0.5) is 0 Å². The van der Waals surface area contributed by atoms with Crippen LogP contribution in [0.2, 0.25) is 0 Å². The maximum Gasteiger partial charge on any atom is 0.231 e. The third-order valence-corrected chi connectivity index (χ3v) is 5.54. The van der Waals surface area contributed by atoms with Gasteiger partial charge in [-0.1, -0.05) is 31.7 Å². The molecule has 1 aliphatic heterocycles. The van der Waals surface area contributed by atoms with E-state index in [2.05, 4.69) is 11.0 Å². The largest absolute Gasteiger partial charge is 0.454 e. The molecule has 0 unspecified atom stereocenters. The van der Waals surface area contributed by atoms with Crippen LogP contribution in [-0.2, 0) is 11.3 Å². The monoisotopic (exact) mass is 315 g/mol. The lowest BCUT2D eigenvalue weighted by Crippen LogP contribution is -2.45. The number of hydrogen-bond acceptors (Lipinski definition) is 3. The Hall–Kier alpha value is -1.71. The topological polar surface area (TPSA) is 38.8 Å². The van der Waals surface area contributed by atoms with E-state index in [1.165, 1.54) is 25.7 Å². The third kappa shape index (κ3) is 3.04. The van der Waals surface area contributed by atoms with Crippen molar-refractivity contribution in [1.82, 2.24) is 4.90 Å². The normalized spacial score (nSPS) is 21.0. The van der Waals surface area contributed by atoms with E-state index in [4.69, 9.17) is 9.47 Å². The number of rotatable bonds is 4. The second-order valence-electron chi connectivity index (χ2n) is 7.07. The van der Waals surface area contributed by atoms with Gasteiger partial charge in [-0.25, -0.2) is 0 Å². The van der Waals surface area contributed by atoms with Crippen LogP contribution >= 0.6 is 0 Å². The highest BCUT2D eigenvalue weighted by molar-refractivity contribution is 5.80. The van der Waals surface area contributed by atoms with Crippen molar-refractivity contribution < 1.29 is 14.3 Å². The van der Waals surface area contributed by atoms with E-state index < -0.39 is 0 Å². The molecule has 4 heteroatoms. The fourth-order valence-corrected chi connectivity index (χ4v) is 3.91. The molecule has 1 aromatic rings. The van der Waals surface area contributed by atoms with Gasteiger partial charge in [0.1, 0.15) is 0 Å². The van der Waals surface area contributed by atoms with E-state index in [0.717, 1.165) is 42.7 Å². The van der Waals surface area contributed by atoms with Gasteiger partial charge in [-0.15, -0.1) is 0 Å². The number of carbonyl (C=O) groups is 1. The molecule has 0 bridgehead atoms. The Bertz CT molecular complexity index is 576. The van der Waals surface area contributed by atoms with Gasteiger partial charge in [0.2, 0.25) is 12.7 Å².